The van der Waals surface area contributed by atoms with Crippen molar-refractivity contribution in [3.05, 3.63) is 0 Å². The topological polar surface area (TPSA) is 88.0 Å². The summed E-state index contributed by atoms with van der Waals surface area (Å²) in [4.78, 5) is 21.9. The van der Waals surface area contributed by atoms with Crippen LogP contribution in [0.4, 0.5) is 13.2 Å². The highest BCUT2D eigenvalue weighted by molar-refractivity contribution is 5.82. The second kappa shape index (κ2) is 11.1. The van der Waals surface area contributed by atoms with Crippen LogP contribution in [0.1, 0.15) is 70.6 Å². The molecule has 3 aliphatic rings. The van der Waals surface area contributed by atoms with Crippen molar-refractivity contribution in [3.63, 3.8) is 0 Å². The van der Waals surface area contributed by atoms with Crippen molar-refractivity contribution < 1.29 is 18.0 Å². The largest absolute Gasteiger partial charge is 0.391 e. The Morgan fingerprint density at radius 1 is 1.03 bits per heavy atom. The molecule has 3 fully saturated rings. The van der Waals surface area contributed by atoms with Crippen LogP contribution in [0.15, 0.2) is 4.99 Å². The van der Waals surface area contributed by atoms with E-state index in [1.807, 2.05) is 0 Å². The number of rotatable bonds is 6. The van der Waals surface area contributed by atoms with Gasteiger partial charge < -0.3 is 16.4 Å². The first-order chi connectivity index (χ1) is 15.1. The lowest BCUT2D eigenvalue weighted by Gasteiger charge is -2.43. The number of aliphatic imine (C=N–C) groups is 1. The van der Waals surface area contributed by atoms with Crippen molar-refractivity contribution in [1.82, 2.24) is 9.80 Å². The number of halogens is 3. The molecule has 1 amide bonds. The fourth-order valence-electron chi connectivity index (χ4n) is 6.07. The van der Waals surface area contributed by atoms with E-state index < -0.39 is 12.1 Å². The molecule has 0 aromatic rings. The lowest BCUT2D eigenvalue weighted by atomic mass is 9.80. The summed E-state index contributed by atoms with van der Waals surface area (Å²) in [6.45, 7) is 1.95. The van der Waals surface area contributed by atoms with Crippen LogP contribution in [0.2, 0.25) is 0 Å². The number of hydrogen-bond donors (Lipinski definition) is 2. The average Bonchev–Trinajstić information content (AvgIpc) is 2.75. The van der Waals surface area contributed by atoms with Gasteiger partial charge in [-0.1, -0.05) is 25.7 Å². The van der Waals surface area contributed by atoms with Gasteiger partial charge in [0, 0.05) is 26.7 Å². The molecule has 1 heterocycles. The maximum atomic E-state index is 13.6. The SMILES string of the molecule is CN(CC1CCCC(C(F)(F)F)C1)C(=O)C(C1CCCCC1)N1CCC(N=C(N)N)CC1. The quantitative estimate of drug-likeness (QED) is 0.470. The molecular formula is C23H40F3N5O. The second-order valence-electron chi connectivity index (χ2n) is 10.2. The van der Waals surface area contributed by atoms with Gasteiger partial charge in [0.2, 0.25) is 5.91 Å². The number of piperidine rings is 1. The second-order valence-corrected chi connectivity index (χ2v) is 10.2. The number of nitrogens with two attached hydrogens (primary N) is 2. The normalized spacial score (nSPS) is 27.6. The summed E-state index contributed by atoms with van der Waals surface area (Å²) in [5.74, 6) is -0.816. The van der Waals surface area contributed by atoms with Crippen molar-refractivity contribution in [2.75, 3.05) is 26.7 Å². The first kappa shape index (κ1) is 25.1. The molecule has 1 aliphatic heterocycles. The summed E-state index contributed by atoms with van der Waals surface area (Å²) < 4.78 is 39.7. The standard InChI is InChI=1S/C23H40F3N5O/c1-30(15-16-6-5-9-18(14-16)23(24,25)26)21(32)20(17-7-3-2-4-8-17)31-12-10-19(11-13-31)29-22(27)28/h16-20H,2-15H2,1H3,(H4,27,28,29). The molecule has 0 spiro atoms. The first-order valence-electron chi connectivity index (χ1n) is 12.3. The van der Waals surface area contributed by atoms with Crippen LogP contribution in [0.5, 0.6) is 0 Å². The van der Waals surface area contributed by atoms with Crippen molar-refractivity contribution >= 4 is 11.9 Å². The third-order valence-corrected chi connectivity index (χ3v) is 7.73. The predicted molar refractivity (Wildman–Crippen MR) is 120 cm³/mol. The molecule has 1 saturated heterocycles. The van der Waals surface area contributed by atoms with E-state index in [0.29, 0.717) is 18.9 Å². The molecule has 184 valence electrons. The molecule has 3 atom stereocenters. The number of nitrogens with zero attached hydrogens (tertiary/aromatic N) is 3. The highest BCUT2D eigenvalue weighted by Crippen LogP contribution is 2.40. The number of carbonyl (C=O) groups is 1. The van der Waals surface area contributed by atoms with E-state index in [1.165, 1.54) is 6.42 Å². The van der Waals surface area contributed by atoms with Gasteiger partial charge in [-0.25, -0.2) is 0 Å². The molecule has 6 nitrogen and oxygen atoms in total. The van der Waals surface area contributed by atoms with E-state index in [2.05, 4.69) is 9.89 Å². The molecule has 0 aromatic heterocycles. The molecule has 3 rings (SSSR count). The number of carbonyl (C=O) groups excluding carboxylic acids is 1. The Morgan fingerprint density at radius 2 is 1.69 bits per heavy atom. The van der Waals surface area contributed by atoms with Crippen LogP contribution < -0.4 is 11.5 Å². The van der Waals surface area contributed by atoms with Crippen LogP contribution in [-0.4, -0.2) is 66.6 Å². The van der Waals surface area contributed by atoms with E-state index in [4.69, 9.17) is 11.5 Å². The lowest BCUT2D eigenvalue weighted by Crippen LogP contribution is -2.55. The molecular weight excluding hydrogens is 419 g/mol. The van der Waals surface area contributed by atoms with Crippen LogP contribution in [0, 0.1) is 17.8 Å². The molecule has 2 saturated carbocycles. The molecule has 9 heteroatoms. The summed E-state index contributed by atoms with van der Waals surface area (Å²) >= 11 is 0. The zero-order chi connectivity index (χ0) is 23.3. The molecule has 0 bridgehead atoms. The minimum atomic E-state index is -4.13. The number of guanidine groups is 1. The summed E-state index contributed by atoms with van der Waals surface area (Å²) in [5, 5.41) is 0. The van der Waals surface area contributed by atoms with Crippen LogP contribution >= 0.6 is 0 Å². The lowest BCUT2D eigenvalue weighted by molar-refractivity contribution is -0.186. The molecule has 0 aromatic carbocycles. The number of amides is 1. The zero-order valence-electron chi connectivity index (χ0n) is 19.3. The van der Waals surface area contributed by atoms with Crippen molar-refractivity contribution in [2.24, 2.45) is 34.2 Å². The summed E-state index contributed by atoms with van der Waals surface area (Å²) in [7, 11) is 1.78. The van der Waals surface area contributed by atoms with Gasteiger partial charge in [-0.2, -0.15) is 13.2 Å². The van der Waals surface area contributed by atoms with Crippen LogP contribution in [0.25, 0.3) is 0 Å². The molecule has 0 radical (unpaired) electrons. The summed E-state index contributed by atoms with van der Waals surface area (Å²) in [6, 6.07) is -0.0971. The fourth-order valence-corrected chi connectivity index (χ4v) is 6.07. The zero-order valence-corrected chi connectivity index (χ0v) is 19.3. The minimum absolute atomic E-state index is 0.0753. The third kappa shape index (κ3) is 6.75. The molecule has 3 unspecified atom stereocenters. The maximum Gasteiger partial charge on any atom is 0.391 e. The van der Waals surface area contributed by atoms with Gasteiger partial charge in [0.25, 0.3) is 0 Å². The van der Waals surface area contributed by atoms with Crippen LogP contribution in [0.3, 0.4) is 0 Å². The van der Waals surface area contributed by atoms with Crippen molar-refractivity contribution in [2.45, 2.75) is 88.9 Å². The van der Waals surface area contributed by atoms with E-state index >= 15 is 0 Å². The average molecular weight is 460 g/mol. The van der Waals surface area contributed by atoms with Crippen LogP contribution in [-0.2, 0) is 4.79 Å². The van der Waals surface area contributed by atoms with E-state index in [0.717, 1.165) is 58.0 Å². The smallest absolute Gasteiger partial charge is 0.370 e. The Labute approximate surface area is 190 Å². The Bertz CT molecular complexity index is 638. The first-order valence-corrected chi connectivity index (χ1v) is 12.3. The van der Waals surface area contributed by atoms with E-state index in [1.54, 1.807) is 11.9 Å². The van der Waals surface area contributed by atoms with Crippen molar-refractivity contribution in [3.8, 4) is 0 Å². The highest BCUT2D eigenvalue weighted by atomic mass is 19.4. The number of likely N-dealkylation sites (tertiary alicyclic amines) is 1. The Morgan fingerprint density at radius 3 is 2.28 bits per heavy atom. The van der Waals surface area contributed by atoms with Gasteiger partial charge in [-0.3, -0.25) is 14.7 Å². The highest BCUT2D eigenvalue weighted by Gasteiger charge is 2.43. The molecule has 32 heavy (non-hydrogen) atoms. The van der Waals surface area contributed by atoms with Gasteiger partial charge in [-0.15, -0.1) is 0 Å². The minimum Gasteiger partial charge on any atom is -0.370 e. The monoisotopic (exact) mass is 459 g/mol. The van der Waals surface area contributed by atoms with E-state index in [-0.39, 0.29) is 42.7 Å². The summed E-state index contributed by atoms with van der Waals surface area (Å²) in [6.07, 6.45) is 4.76. The third-order valence-electron chi connectivity index (χ3n) is 7.73. The summed E-state index contributed by atoms with van der Waals surface area (Å²) in [5.41, 5.74) is 11.1. The fraction of sp³-hybridized carbons (Fsp3) is 0.913. The van der Waals surface area contributed by atoms with Gasteiger partial charge in [0.15, 0.2) is 5.96 Å². The predicted octanol–water partition coefficient (Wildman–Crippen LogP) is 3.50. The van der Waals surface area contributed by atoms with Gasteiger partial charge in [-0.05, 0) is 56.8 Å². The van der Waals surface area contributed by atoms with Gasteiger partial charge in [0.1, 0.15) is 0 Å². The Kier molecular flexibility index (Phi) is 8.69. The molecule has 4 N–H and O–H groups in total. The van der Waals surface area contributed by atoms with Crippen molar-refractivity contribution in [1.29, 1.82) is 0 Å². The number of likely N-dealkylation sites (N-methyl/N-ethyl adjacent to an activating group) is 1. The Hall–Kier alpha value is -1.51. The molecule has 2 aliphatic carbocycles. The van der Waals surface area contributed by atoms with Gasteiger partial charge >= 0.3 is 6.18 Å². The number of alkyl halides is 3. The number of hydrogen-bond acceptors (Lipinski definition) is 3. The van der Waals surface area contributed by atoms with E-state index in [9.17, 15) is 18.0 Å². The maximum absolute atomic E-state index is 13.6. The van der Waals surface area contributed by atoms with Gasteiger partial charge in [0.05, 0.1) is 18.0 Å². The Balaban J connectivity index is 1.65.